The molecule has 0 spiro atoms. The summed E-state index contributed by atoms with van der Waals surface area (Å²) in [7, 11) is 0. The van der Waals surface area contributed by atoms with Gasteiger partial charge in [-0.1, -0.05) is 40.9 Å². The third-order valence-electron chi connectivity index (χ3n) is 3.14. The summed E-state index contributed by atoms with van der Waals surface area (Å²) in [5, 5.41) is 4.40. The van der Waals surface area contributed by atoms with Crippen LogP contribution in [0.3, 0.4) is 0 Å². The standard InChI is InChI=1S/C13H18BrClN2/c1-2-3-11-9-17(7-6-16-11)13-8-10(14)4-5-12(13)15/h4-5,8,11,16H,2-3,6-7,9H2,1H3. The van der Waals surface area contributed by atoms with Gasteiger partial charge in [-0.15, -0.1) is 0 Å². The lowest BCUT2D eigenvalue weighted by Crippen LogP contribution is -2.50. The van der Waals surface area contributed by atoms with Crippen molar-refractivity contribution < 1.29 is 0 Å². The Kier molecular flexibility index (Phi) is 4.71. The highest BCUT2D eigenvalue weighted by molar-refractivity contribution is 9.10. The van der Waals surface area contributed by atoms with Crippen molar-refractivity contribution in [3.05, 3.63) is 27.7 Å². The Morgan fingerprint density at radius 1 is 1.53 bits per heavy atom. The number of hydrogen-bond acceptors (Lipinski definition) is 2. The molecule has 1 aliphatic heterocycles. The van der Waals surface area contributed by atoms with Crippen LogP contribution in [0.25, 0.3) is 0 Å². The summed E-state index contributed by atoms with van der Waals surface area (Å²) in [6, 6.07) is 6.63. The van der Waals surface area contributed by atoms with E-state index in [4.69, 9.17) is 11.6 Å². The van der Waals surface area contributed by atoms with E-state index in [2.05, 4.69) is 39.1 Å². The van der Waals surface area contributed by atoms with Gasteiger partial charge in [-0.2, -0.15) is 0 Å². The van der Waals surface area contributed by atoms with E-state index in [0.29, 0.717) is 6.04 Å². The first kappa shape index (κ1) is 13.2. The van der Waals surface area contributed by atoms with Crippen molar-refractivity contribution >= 4 is 33.2 Å². The van der Waals surface area contributed by atoms with Crippen molar-refractivity contribution in [1.29, 1.82) is 0 Å². The van der Waals surface area contributed by atoms with Crippen molar-refractivity contribution in [1.82, 2.24) is 5.32 Å². The van der Waals surface area contributed by atoms with Gasteiger partial charge in [0, 0.05) is 30.1 Å². The van der Waals surface area contributed by atoms with Crippen LogP contribution in [0.1, 0.15) is 19.8 Å². The molecule has 0 amide bonds. The fourth-order valence-electron chi connectivity index (χ4n) is 2.31. The predicted molar refractivity (Wildman–Crippen MR) is 78.1 cm³/mol. The molecule has 1 heterocycles. The Morgan fingerprint density at radius 2 is 2.35 bits per heavy atom. The second-order valence-corrected chi connectivity index (χ2v) is 5.80. The number of benzene rings is 1. The van der Waals surface area contributed by atoms with Gasteiger partial charge >= 0.3 is 0 Å². The van der Waals surface area contributed by atoms with Gasteiger partial charge < -0.3 is 10.2 Å². The summed E-state index contributed by atoms with van der Waals surface area (Å²) in [6.07, 6.45) is 2.44. The monoisotopic (exact) mass is 316 g/mol. The van der Waals surface area contributed by atoms with Crippen LogP contribution in [-0.4, -0.2) is 25.7 Å². The lowest BCUT2D eigenvalue weighted by atomic mass is 10.1. The van der Waals surface area contributed by atoms with Crippen molar-refractivity contribution in [2.75, 3.05) is 24.5 Å². The molecule has 2 rings (SSSR count). The molecular formula is C13H18BrClN2. The highest BCUT2D eigenvalue weighted by atomic mass is 79.9. The second-order valence-electron chi connectivity index (χ2n) is 4.48. The molecule has 2 nitrogen and oxygen atoms in total. The highest BCUT2D eigenvalue weighted by Crippen LogP contribution is 2.30. The smallest absolute Gasteiger partial charge is 0.0640 e. The first-order valence-electron chi connectivity index (χ1n) is 6.14. The number of nitrogens with one attached hydrogen (secondary N) is 1. The van der Waals surface area contributed by atoms with E-state index in [0.717, 1.165) is 34.8 Å². The maximum Gasteiger partial charge on any atom is 0.0640 e. The van der Waals surface area contributed by atoms with Gasteiger partial charge in [-0.3, -0.25) is 0 Å². The average Bonchev–Trinajstić information content (AvgIpc) is 2.33. The van der Waals surface area contributed by atoms with E-state index in [9.17, 15) is 0 Å². The molecule has 1 N–H and O–H groups in total. The highest BCUT2D eigenvalue weighted by Gasteiger charge is 2.20. The quantitative estimate of drug-likeness (QED) is 0.915. The molecule has 1 aromatic rings. The molecule has 0 aliphatic carbocycles. The lowest BCUT2D eigenvalue weighted by molar-refractivity contribution is 0.431. The van der Waals surface area contributed by atoms with Gasteiger partial charge in [-0.05, 0) is 24.6 Å². The Hall–Kier alpha value is -0.250. The summed E-state index contributed by atoms with van der Waals surface area (Å²) < 4.78 is 1.09. The van der Waals surface area contributed by atoms with Gasteiger partial charge in [0.05, 0.1) is 10.7 Å². The van der Waals surface area contributed by atoms with Crippen molar-refractivity contribution in [3.8, 4) is 0 Å². The third-order valence-corrected chi connectivity index (χ3v) is 3.95. The zero-order valence-corrected chi connectivity index (χ0v) is 12.4. The van der Waals surface area contributed by atoms with E-state index < -0.39 is 0 Å². The SMILES string of the molecule is CCCC1CN(c2cc(Br)ccc2Cl)CCN1. The number of piperazine rings is 1. The maximum atomic E-state index is 6.27. The third kappa shape index (κ3) is 3.36. The van der Waals surface area contributed by atoms with Crippen LogP contribution < -0.4 is 10.2 Å². The van der Waals surface area contributed by atoms with E-state index in [1.807, 2.05) is 12.1 Å². The molecule has 4 heteroatoms. The molecular weight excluding hydrogens is 300 g/mol. The number of anilines is 1. The Bertz CT molecular complexity index is 382. The van der Waals surface area contributed by atoms with Crippen LogP contribution in [0.5, 0.6) is 0 Å². The van der Waals surface area contributed by atoms with Gasteiger partial charge in [0.25, 0.3) is 0 Å². The van der Waals surface area contributed by atoms with Crippen LogP contribution >= 0.6 is 27.5 Å². The molecule has 1 saturated heterocycles. The number of halogens is 2. The zero-order valence-electron chi connectivity index (χ0n) is 10.0. The van der Waals surface area contributed by atoms with Crippen molar-refractivity contribution in [2.45, 2.75) is 25.8 Å². The fourth-order valence-corrected chi connectivity index (χ4v) is 2.90. The minimum absolute atomic E-state index is 0.587. The molecule has 1 fully saturated rings. The van der Waals surface area contributed by atoms with E-state index in [-0.39, 0.29) is 0 Å². The number of nitrogens with zero attached hydrogens (tertiary/aromatic N) is 1. The number of hydrogen-bond donors (Lipinski definition) is 1. The minimum atomic E-state index is 0.587. The molecule has 0 aromatic heterocycles. The minimum Gasteiger partial charge on any atom is -0.367 e. The van der Waals surface area contributed by atoms with E-state index >= 15 is 0 Å². The second kappa shape index (κ2) is 6.07. The van der Waals surface area contributed by atoms with Crippen molar-refractivity contribution in [2.24, 2.45) is 0 Å². The molecule has 94 valence electrons. The van der Waals surface area contributed by atoms with E-state index in [1.165, 1.54) is 12.8 Å². The normalized spacial score (nSPS) is 20.6. The van der Waals surface area contributed by atoms with Crippen LogP contribution in [0.15, 0.2) is 22.7 Å². The Labute approximate surface area is 116 Å². The molecule has 17 heavy (non-hydrogen) atoms. The van der Waals surface area contributed by atoms with Crippen molar-refractivity contribution in [3.63, 3.8) is 0 Å². The molecule has 0 radical (unpaired) electrons. The van der Waals surface area contributed by atoms with Crippen LogP contribution in [0, 0.1) is 0 Å². The van der Waals surface area contributed by atoms with Gasteiger partial charge in [0.15, 0.2) is 0 Å². The molecule has 1 aliphatic rings. The maximum absolute atomic E-state index is 6.27. The molecule has 1 aromatic carbocycles. The van der Waals surface area contributed by atoms with Gasteiger partial charge in [0.2, 0.25) is 0 Å². The summed E-state index contributed by atoms with van der Waals surface area (Å²) in [5.41, 5.74) is 1.14. The Morgan fingerprint density at radius 3 is 3.12 bits per heavy atom. The van der Waals surface area contributed by atoms with Crippen LogP contribution in [0.2, 0.25) is 5.02 Å². The first-order chi connectivity index (χ1) is 8.20. The molecule has 0 bridgehead atoms. The first-order valence-corrected chi connectivity index (χ1v) is 7.31. The van der Waals surface area contributed by atoms with Crippen LogP contribution in [-0.2, 0) is 0 Å². The summed E-state index contributed by atoms with van der Waals surface area (Å²) in [5.74, 6) is 0. The van der Waals surface area contributed by atoms with Crippen LogP contribution in [0.4, 0.5) is 5.69 Å². The topological polar surface area (TPSA) is 15.3 Å². The fraction of sp³-hybridized carbons (Fsp3) is 0.538. The van der Waals surface area contributed by atoms with Gasteiger partial charge in [0.1, 0.15) is 0 Å². The molecule has 1 unspecified atom stereocenters. The lowest BCUT2D eigenvalue weighted by Gasteiger charge is -2.35. The molecule has 1 atom stereocenters. The summed E-state index contributed by atoms with van der Waals surface area (Å²) in [4.78, 5) is 2.38. The summed E-state index contributed by atoms with van der Waals surface area (Å²) in [6.45, 7) is 5.33. The zero-order chi connectivity index (χ0) is 12.3. The molecule has 0 saturated carbocycles. The largest absolute Gasteiger partial charge is 0.367 e. The Balaban J connectivity index is 2.13. The average molecular weight is 318 g/mol. The van der Waals surface area contributed by atoms with E-state index in [1.54, 1.807) is 0 Å². The summed E-state index contributed by atoms with van der Waals surface area (Å²) >= 11 is 9.78. The van der Waals surface area contributed by atoms with Gasteiger partial charge in [-0.25, -0.2) is 0 Å². The predicted octanol–water partition coefficient (Wildman–Crippen LogP) is 3.68. The number of rotatable bonds is 3.